The maximum absolute atomic E-state index is 12.9. The maximum atomic E-state index is 12.9. The average molecular weight is 402 g/mol. The third kappa shape index (κ3) is 3.35. The van der Waals surface area contributed by atoms with Gasteiger partial charge < -0.3 is 9.47 Å². The van der Waals surface area contributed by atoms with E-state index in [9.17, 15) is 4.79 Å². The minimum atomic E-state index is -0.512. The average Bonchev–Trinajstić information content (AvgIpc) is 2.69. The van der Waals surface area contributed by atoms with E-state index in [4.69, 9.17) is 9.47 Å². The van der Waals surface area contributed by atoms with Crippen LogP contribution >= 0.6 is 0 Å². The van der Waals surface area contributed by atoms with Gasteiger partial charge >= 0.3 is 6.09 Å². The van der Waals surface area contributed by atoms with Crippen molar-refractivity contribution in [2.24, 2.45) is 0 Å². The number of nitrogens with zero attached hydrogens (tertiary/aromatic N) is 1. The lowest BCUT2D eigenvalue weighted by Gasteiger charge is -2.44. The molecule has 154 valence electrons. The van der Waals surface area contributed by atoms with Crippen molar-refractivity contribution < 1.29 is 14.3 Å². The highest BCUT2D eigenvalue weighted by atomic mass is 16.6. The van der Waals surface area contributed by atoms with Crippen LogP contribution in [0.5, 0.6) is 0 Å². The van der Waals surface area contributed by atoms with Crippen LogP contribution in [0.1, 0.15) is 32.8 Å². The van der Waals surface area contributed by atoms with Gasteiger partial charge in [-0.1, -0.05) is 54.6 Å². The predicted octanol–water partition coefficient (Wildman–Crippen LogP) is 5.78. The van der Waals surface area contributed by atoms with Crippen molar-refractivity contribution in [3.05, 3.63) is 66.2 Å². The third-order valence-electron chi connectivity index (χ3n) is 5.90. The van der Waals surface area contributed by atoms with Gasteiger partial charge in [-0.25, -0.2) is 4.79 Å². The molecule has 3 aromatic rings. The van der Waals surface area contributed by atoms with Crippen LogP contribution in [0.4, 0.5) is 4.79 Å². The van der Waals surface area contributed by atoms with Gasteiger partial charge in [0.05, 0.1) is 25.3 Å². The molecule has 2 heterocycles. The molecule has 30 heavy (non-hydrogen) atoms. The first-order valence-electron chi connectivity index (χ1n) is 10.6. The first kappa shape index (κ1) is 19.1. The third-order valence-corrected chi connectivity index (χ3v) is 5.90. The highest BCUT2D eigenvalue weighted by Gasteiger charge is 2.40. The molecule has 1 fully saturated rings. The molecule has 2 atom stereocenters. The van der Waals surface area contributed by atoms with Crippen LogP contribution in [0.3, 0.4) is 0 Å². The SMILES string of the molecule is CC(C)(C)OC(=O)N1C2C=C(c3c4ccccc4cc4ccccc34)CC1COC2. The van der Waals surface area contributed by atoms with Gasteiger partial charge in [0.2, 0.25) is 0 Å². The summed E-state index contributed by atoms with van der Waals surface area (Å²) in [5.41, 5.74) is 2.06. The van der Waals surface area contributed by atoms with Crippen LogP contribution in [0.2, 0.25) is 0 Å². The molecule has 0 aliphatic carbocycles. The summed E-state index contributed by atoms with van der Waals surface area (Å²) in [7, 11) is 0. The molecule has 0 spiro atoms. The molecule has 0 aromatic heterocycles. The Balaban J connectivity index is 1.63. The monoisotopic (exact) mass is 401 g/mol. The van der Waals surface area contributed by atoms with E-state index in [1.807, 2.05) is 25.7 Å². The number of fused-ring (bicyclic) bond motifs is 4. The second-order valence-corrected chi connectivity index (χ2v) is 9.24. The summed E-state index contributed by atoms with van der Waals surface area (Å²) < 4.78 is 11.5. The van der Waals surface area contributed by atoms with E-state index in [0.29, 0.717) is 13.2 Å². The van der Waals surface area contributed by atoms with Crippen LogP contribution in [0, 0.1) is 0 Å². The van der Waals surface area contributed by atoms with Gasteiger partial charge in [-0.3, -0.25) is 4.90 Å². The number of rotatable bonds is 1. The van der Waals surface area contributed by atoms with Crippen molar-refractivity contribution in [2.45, 2.75) is 44.9 Å². The molecular formula is C26H27NO3. The Kier molecular flexibility index (Phi) is 4.55. The van der Waals surface area contributed by atoms with Crippen molar-refractivity contribution in [3.8, 4) is 0 Å². The lowest BCUT2D eigenvalue weighted by Crippen LogP contribution is -2.57. The molecule has 1 saturated heterocycles. The summed E-state index contributed by atoms with van der Waals surface area (Å²) in [6.45, 7) is 6.76. The van der Waals surface area contributed by atoms with Gasteiger partial charge in [-0.2, -0.15) is 0 Å². The van der Waals surface area contributed by atoms with E-state index >= 15 is 0 Å². The molecule has 3 aromatic carbocycles. The molecule has 5 rings (SSSR count). The highest BCUT2D eigenvalue weighted by Crippen LogP contribution is 2.40. The Morgan fingerprint density at radius 2 is 1.63 bits per heavy atom. The van der Waals surface area contributed by atoms with Gasteiger partial charge in [0, 0.05) is 0 Å². The van der Waals surface area contributed by atoms with Gasteiger partial charge in [0.15, 0.2) is 0 Å². The van der Waals surface area contributed by atoms with Crippen LogP contribution in [-0.4, -0.2) is 41.9 Å². The lowest BCUT2D eigenvalue weighted by atomic mass is 9.85. The standard InChI is InChI=1S/C26H27NO3/c1-26(2,3)30-25(28)27-20-13-19(14-21(27)16-29-15-20)24-22-10-6-4-8-17(22)12-18-9-5-7-11-23(18)24/h4-13,20-21H,14-16H2,1-3H3. The van der Waals surface area contributed by atoms with Crippen LogP contribution < -0.4 is 0 Å². The number of benzene rings is 3. The summed E-state index contributed by atoms with van der Waals surface area (Å²) in [5, 5.41) is 4.99. The Bertz CT molecular complexity index is 1100. The van der Waals surface area contributed by atoms with Crippen molar-refractivity contribution in [3.63, 3.8) is 0 Å². The molecule has 0 saturated carbocycles. The smallest absolute Gasteiger partial charge is 0.411 e. The fraction of sp³-hybridized carbons (Fsp3) is 0.346. The molecule has 2 aliphatic heterocycles. The maximum Gasteiger partial charge on any atom is 0.411 e. The molecule has 4 heteroatoms. The number of hydrogen-bond donors (Lipinski definition) is 0. The molecule has 1 amide bonds. The van der Waals surface area contributed by atoms with Crippen molar-refractivity contribution >= 4 is 33.2 Å². The second kappa shape index (κ2) is 7.13. The zero-order chi connectivity index (χ0) is 20.9. The van der Waals surface area contributed by atoms with E-state index in [1.165, 1.54) is 32.7 Å². The molecule has 0 radical (unpaired) electrons. The molecule has 2 aliphatic rings. The Morgan fingerprint density at radius 3 is 2.23 bits per heavy atom. The van der Waals surface area contributed by atoms with Gasteiger partial charge in [0.25, 0.3) is 0 Å². The van der Waals surface area contributed by atoms with Crippen LogP contribution in [0.25, 0.3) is 27.1 Å². The van der Waals surface area contributed by atoms with Crippen LogP contribution in [0.15, 0.2) is 60.7 Å². The number of amides is 1. The molecular weight excluding hydrogens is 374 g/mol. The molecule has 2 bridgehead atoms. The predicted molar refractivity (Wildman–Crippen MR) is 121 cm³/mol. The van der Waals surface area contributed by atoms with E-state index in [0.717, 1.165) is 6.42 Å². The van der Waals surface area contributed by atoms with Crippen molar-refractivity contribution in [2.75, 3.05) is 13.2 Å². The van der Waals surface area contributed by atoms with Gasteiger partial charge in [0.1, 0.15) is 5.60 Å². The topological polar surface area (TPSA) is 38.8 Å². The quantitative estimate of drug-likeness (QED) is 0.485. The van der Waals surface area contributed by atoms with Crippen LogP contribution in [-0.2, 0) is 9.47 Å². The Labute approximate surface area is 177 Å². The first-order chi connectivity index (χ1) is 14.4. The minimum absolute atomic E-state index is 0.0173. The highest BCUT2D eigenvalue weighted by molar-refractivity contribution is 6.09. The van der Waals surface area contributed by atoms with Crippen molar-refractivity contribution in [1.82, 2.24) is 4.90 Å². The summed E-state index contributed by atoms with van der Waals surface area (Å²) in [6.07, 6.45) is 2.72. The first-order valence-corrected chi connectivity index (χ1v) is 10.6. The largest absolute Gasteiger partial charge is 0.444 e. The van der Waals surface area contributed by atoms with Gasteiger partial charge in [-0.05, 0) is 65.9 Å². The Morgan fingerprint density at radius 1 is 1.00 bits per heavy atom. The number of carbonyl (C=O) groups is 1. The van der Waals surface area contributed by atoms with Gasteiger partial charge in [-0.15, -0.1) is 0 Å². The molecule has 4 nitrogen and oxygen atoms in total. The van der Waals surface area contributed by atoms with E-state index in [-0.39, 0.29) is 18.2 Å². The lowest BCUT2D eigenvalue weighted by molar-refractivity contribution is -0.0510. The summed E-state index contributed by atoms with van der Waals surface area (Å²) >= 11 is 0. The normalized spacial score (nSPS) is 21.6. The number of morpholine rings is 1. The fourth-order valence-corrected chi connectivity index (χ4v) is 4.74. The van der Waals surface area contributed by atoms with E-state index < -0.39 is 5.60 Å². The number of ether oxygens (including phenoxy) is 2. The van der Waals surface area contributed by atoms with E-state index in [1.54, 1.807) is 0 Å². The Hall–Kier alpha value is -2.85. The zero-order valence-corrected chi connectivity index (χ0v) is 17.7. The fourth-order valence-electron chi connectivity index (χ4n) is 4.74. The molecule has 2 unspecified atom stereocenters. The zero-order valence-electron chi connectivity index (χ0n) is 17.7. The summed E-state index contributed by atoms with van der Waals surface area (Å²) in [4.78, 5) is 14.8. The summed E-state index contributed by atoms with van der Waals surface area (Å²) in [5.74, 6) is 0. The van der Waals surface area contributed by atoms with Crippen molar-refractivity contribution in [1.29, 1.82) is 0 Å². The summed E-state index contributed by atoms with van der Waals surface area (Å²) in [6, 6.07) is 19.2. The molecule has 0 N–H and O–H groups in total. The number of hydrogen-bond acceptors (Lipinski definition) is 3. The second-order valence-electron chi connectivity index (χ2n) is 9.24. The number of carbonyl (C=O) groups excluding carboxylic acids is 1. The van der Waals surface area contributed by atoms with E-state index in [2.05, 4.69) is 60.7 Å². The minimum Gasteiger partial charge on any atom is -0.444 e.